The Morgan fingerprint density at radius 3 is 2.15 bits per heavy atom. The number of hydrogen-bond donors (Lipinski definition) is 2. The highest BCUT2D eigenvalue weighted by Crippen LogP contribution is 2.20. The predicted molar refractivity (Wildman–Crippen MR) is 139 cm³/mol. The number of amides is 2. The van der Waals surface area contributed by atoms with E-state index in [1.807, 2.05) is 65.6 Å². The van der Waals surface area contributed by atoms with E-state index in [9.17, 15) is 9.59 Å². The van der Waals surface area contributed by atoms with Crippen molar-refractivity contribution in [3.8, 4) is 0 Å². The van der Waals surface area contributed by atoms with Gasteiger partial charge in [0, 0.05) is 53.2 Å². The summed E-state index contributed by atoms with van der Waals surface area (Å²) in [5, 5.41) is 5.97. The summed E-state index contributed by atoms with van der Waals surface area (Å²) in [4.78, 5) is 29.1. The van der Waals surface area contributed by atoms with Gasteiger partial charge in [-0.25, -0.2) is 0 Å². The Morgan fingerprint density at radius 2 is 1.48 bits per heavy atom. The fourth-order valence-electron chi connectivity index (χ4n) is 3.65. The largest absolute Gasteiger partial charge is 0.368 e. The van der Waals surface area contributed by atoms with Gasteiger partial charge in [0.2, 0.25) is 0 Å². The van der Waals surface area contributed by atoms with E-state index in [0.717, 1.165) is 34.5 Å². The van der Waals surface area contributed by atoms with Gasteiger partial charge in [0.05, 0.1) is 0 Å². The highest BCUT2D eigenvalue weighted by molar-refractivity contribution is 9.10. The van der Waals surface area contributed by atoms with Crippen LogP contribution in [0.15, 0.2) is 83.3 Å². The summed E-state index contributed by atoms with van der Waals surface area (Å²) in [6, 6.07) is 24.4. The molecule has 1 fully saturated rings. The third-order valence-electron chi connectivity index (χ3n) is 5.39. The van der Waals surface area contributed by atoms with Crippen LogP contribution < -0.4 is 15.5 Å². The molecule has 2 N–H and O–H groups in total. The van der Waals surface area contributed by atoms with Crippen molar-refractivity contribution in [1.29, 1.82) is 0 Å². The lowest BCUT2D eigenvalue weighted by Gasteiger charge is -2.36. The molecule has 1 aliphatic heterocycles. The van der Waals surface area contributed by atoms with E-state index < -0.39 is 0 Å². The first kappa shape index (κ1) is 22.9. The van der Waals surface area contributed by atoms with E-state index in [0.29, 0.717) is 18.7 Å². The zero-order valence-electron chi connectivity index (χ0n) is 17.8. The maximum Gasteiger partial charge on any atom is 0.257 e. The second-order valence-corrected chi connectivity index (χ2v) is 8.93. The van der Waals surface area contributed by atoms with E-state index in [4.69, 9.17) is 12.2 Å². The van der Waals surface area contributed by atoms with Gasteiger partial charge in [-0.05, 0) is 66.8 Å². The van der Waals surface area contributed by atoms with Crippen LogP contribution in [-0.4, -0.2) is 48.0 Å². The summed E-state index contributed by atoms with van der Waals surface area (Å²) in [5.74, 6) is -0.193. The van der Waals surface area contributed by atoms with Crippen LogP contribution in [0.5, 0.6) is 0 Å². The molecule has 8 heteroatoms. The van der Waals surface area contributed by atoms with Gasteiger partial charge in [-0.1, -0.05) is 40.2 Å². The monoisotopic (exact) mass is 522 g/mol. The minimum atomic E-state index is -0.270. The minimum Gasteiger partial charge on any atom is -0.368 e. The van der Waals surface area contributed by atoms with Crippen molar-refractivity contribution in [2.75, 3.05) is 36.4 Å². The normalized spacial score (nSPS) is 13.4. The average Bonchev–Trinajstić information content (AvgIpc) is 2.84. The van der Waals surface area contributed by atoms with Gasteiger partial charge < -0.3 is 15.1 Å². The third kappa shape index (κ3) is 5.97. The first-order chi connectivity index (χ1) is 16.0. The number of hydrogen-bond acceptors (Lipinski definition) is 4. The Balaban J connectivity index is 1.28. The molecule has 0 spiro atoms. The average molecular weight is 523 g/mol. The molecule has 1 saturated heterocycles. The summed E-state index contributed by atoms with van der Waals surface area (Å²) in [6.07, 6.45) is 0. The first-order valence-corrected chi connectivity index (χ1v) is 11.8. The number of thiocarbonyl (C=S) groups is 1. The van der Waals surface area contributed by atoms with Crippen LogP contribution in [0.3, 0.4) is 0 Å². The van der Waals surface area contributed by atoms with Crippen LogP contribution in [0.4, 0.5) is 11.4 Å². The van der Waals surface area contributed by atoms with Crippen molar-refractivity contribution in [3.63, 3.8) is 0 Å². The zero-order chi connectivity index (χ0) is 23.2. The highest BCUT2D eigenvalue weighted by Gasteiger charge is 2.22. The Bertz CT molecular complexity index is 1150. The molecule has 0 atom stereocenters. The Kier molecular flexibility index (Phi) is 7.36. The van der Waals surface area contributed by atoms with Crippen molar-refractivity contribution < 1.29 is 9.59 Å². The fourth-order valence-corrected chi connectivity index (χ4v) is 4.26. The Morgan fingerprint density at radius 1 is 0.818 bits per heavy atom. The van der Waals surface area contributed by atoms with Crippen LogP contribution >= 0.6 is 28.1 Å². The van der Waals surface area contributed by atoms with Gasteiger partial charge in [-0.15, -0.1) is 0 Å². The SMILES string of the molecule is O=C(NC(=S)Nc1ccc(N2CCN(C(=O)c3ccccc3)CC2)cc1)c1cccc(Br)c1. The Hall–Kier alpha value is -3.23. The molecule has 33 heavy (non-hydrogen) atoms. The van der Waals surface area contributed by atoms with Crippen molar-refractivity contribution in [2.45, 2.75) is 0 Å². The predicted octanol–water partition coefficient (Wildman–Crippen LogP) is 4.54. The van der Waals surface area contributed by atoms with E-state index >= 15 is 0 Å². The molecule has 1 heterocycles. The van der Waals surface area contributed by atoms with Gasteiger partial charge in [0.15, 0.2) is 5.11 Å². The lowest BCUT2D eigenvalue weighted by Crippen LogP contribution is -2.48. The fraction of sp³-hybridized carbons (Fsp3) is 0.160. The lowest BCUT2D eigenvalue weighted by molar-refractivity contribution is 0.0746. The number of carbonyl (C=O) groups is 2. The summed E-state index contributed by atoms with van der Waals surface area (Å²) < 4.78 is 0.829. The topological polar surface area (TPSA) is 64.7 Å². The summed E-state index contributed by atoms with van der Waals surface area (Å²) in [5.41, 5.74) is 3.12. The summed E-state index contributed by atoms with van der Waals surface area (Å²) >= 11 is 8.64. The highest BCUT2D eigenvalue weighted by atomic mass is 79.9. The van der Waals surface area contributed by atoms with Crippen LogP contribution in [-0.2, 0) is 0 Å². The van der Waals surface area contributed by atoms with E-state index in [1.165, 1.54) is 0 Å². The number of benzene rings is 3. The molecule has 0 unspecified atom stereocenters. The first-order valence-electron chi connectivity index (χ1n) is 10.6. The van der Waals surface area contributed by atoms with Gasteiger partial charge in [0.25, 0.3) is 11.8 Å². The standard InChI is InChI=1S/C25H23BrN4O2S/c26-20-8-4-7-19(17-20)23(31)28-25(33)27-21-9-11-22(12-10-21)29-13-15-30(16-14-29)24(32)18-5-2-1-3-6-18/h1-12,17H,13-16H2,(H2,27,28,31,33). The molecule has 3 aromatic carbocycles. The number of piperazine rings is 1. The molecule has 0 saturated carbocycles. The molecule has 168 valence electrons. The molecule has 6 nitrogen and oxygen atoms in total. The van der Waals surface area contributed by atoms with Gasteiger partial charge in [-0.3, -0.25) is 14.9 Å². The smallest absolute Gasteiger partial charge is 0.257 e. The number of halogens is 1. The molecule has 3 aromatic rings. The van der Waals surface area contributed by atoms with Crippen LogP contribution in [0.2, 0.25) is 0 Å². The molecule has 0 radical (unpaired) electrons. The van der Waals surface area contributed by atoms with E-state index in [2.05, 4.69) is 31.5 Å². The van der Waals surface area contributed by atoms with Crippen LogP contribution in [0.25, 0.3) is 0 Å². The van der Waals surface area contributed by atoms with Crippen LogP contribution in [0.1, 0.15) is 20.7 Å². The molecule has 0 bridgehead atoms. The quantitative estimate of drug-likeness (QED) is 0.492. The number of nitrogens with zero attached hydrogens (tertiary/aromatic N) is 2. The summed E-state index contributed by atoms with van der Waals surface area (Å²) in [6.45, 7) is 2.90. The number of anilines is 2. The number of nitrogens with one attached hydrogen (secondary N) is 2. The van der Waals surface area contributed by atoms with Crippen molar-refractivity contribution in [2.24, 2.45) is 0 Å². The number of rotatable bonds is 4. The maximum atomic E-state index is 12.6. The minimum absolute atomic E-state index is 0.0771. The summed E-state index contributed by atoms with van der Waals surface area (Å²) in [7, 11) is 0. The van der Waals surface area contributed by atoms with Gasteiger partial charge in [0.1, 0.15) is 0 Å². The number of carbonyl (C=O) groups excluding carboxylic acids is 2. The second-order valence-electron chi connectivity index (χ2n) is 7.61. The van der Waals surface area contributed by atoms with Gasteiger partial charge >= 0.3 is 0 Å². The molecule has 4 rings (SSSR count). The molecule has 2 amide bonds. The van der Waals surface area contributed by atoms with Crippen LogP contribution in [0, 0.1) is 0 Å². The van der Waals surface area contributed by atoms with Crippen molar-refractivity contribution in [1.82, 2.24) is 10.2 Å². The van der Waals surface area contributed by atoms with Gasteiger partial charge in [-0.2, -0.15) is 0 Å². The Labute approximate surface area is 206 Å². The molecular weight excluding hydrogens is 500 g/mol. The van der Waals surface area contributed by atoms with Crippen molar-refractivity contribution >= 4 is 56.4 Å². The van der Waals surface area contributed by atoms with E-state index in [1.54, 1.807) is 18.2 Å². The van der Waals surface area contributed by atoms with Crippen molar-refractivity contribution in [3.05, 3.63) is 94.5 Å². The second kappa shape index (κ2) is 10.6. The third-order valence-corrected chi connectivity index (χ3v) is 6.09. The van der Waals surface area contributed by atoms with E-state index in [-0.39, 0.29) is 16.9 Å². The molecule has 0 aliphatic carbocycles. The molecule has 1 aliphatic rings. The maximum absolute atomic E-state index is 12.6. The zero-order valence-corrected chi connectivity index (χ0v) is 20.2. The lowest BCUT2D eigenvalue weighted by atomic mass is 10.1. The molecule has 0 aromatic heterocycles. The molecular formula is C25H23BrN4O2S.